The minimum Gasteiger partial charge on any atom is -0.483 e. The number of aryl methyl sites for hydroxylation is 1. The number of nitrogens with one attached hydrogen (secondary N) is 1. The van der Waals surface area contributed by atoms with Crippen LogP contribution in [0.3, 0.4) is 0 Å². The van der Waals surface area contributed by atoms with Gasteiger partial charge in [-0.25, -0.2) is 4.98 Å². The van der Waals surface area contributed by atoms with Gasteiger partial charge in [0.1, 0.15) is 11.3 Å². The van der Waals surface area contributed by atoms with Crippen molar-refractivity contribution in [2.24, 2.45) is 0 Å². The third-order valence-electron chi connectivity index (χ3n) is 4.97. The first-order valence-corrected chi connectivity index (χ1v) is 10.5. The maximum atomic E-state index is 12.4. The number of benzene rings is 3. The number of rotatable bonds is 6. The first kappa shape index (κ1) is 20.9. The molecule has 0 spiro atoms. The zero-order valence-electron chi connectivity index (χ0n) is 17.6. The van der Waals surface area contributed by atoms with Crippen LogP contribution in [-0.2, 0) is 4.79 Å². The minimum atomic E-state index is -0.259. The molecule has 0 atom stereocenters. The first-order chi connectivity index (χ1) is 14.9. The van der Waals surface area contributed by atoms with Gasteiger partial charge in [0.25, 0.3) is 5.91 Å². The van der Waals surface area contributed by atoms with Gasteiger partial charge < -0.3 is 14.5 Å². The van der Waals surface area contributed by atoms with Crippen LogP contribution in [0.15, 0.2) is 65.1 Å². The number of anilines is 1. The summed E-state index contributed by atoms with van der Waals surface area (Å²) in [6, 6.07) is 18.7. The summed E-state index contributed by atoms with van der Waals surface area (Å²) in [5, 5.41) is 3.48. The van der Waals surface area contributed by atoms with Crippen LogP contribution >= 0.6 is 11.6 Å². The second kappa shape index (κ2) is 8.82. The molecule has 1 N–H and O–H groups in total. The number of amides is 1. The highest BCUT2D eigenvalue weighted by Gasteiger charge is 2.12. The van der Waals surface area contributed by atoms with Crippen molar-refractivity contribution in [2.75, 3.05) is 11.9 Å². The van der Waals surface area contributed by atoms with Gasteiger partial charge in [-0.15, -0.1) is 0 Å². The SMILES string of the molecule is Cc1cc(Cl)ccc1OCC(=O)Nc1cccc(-c2nc3cc(C(C)C)ccc3o2)c1. The Bertz CT molecular complexity index is 1250. The van der Waals surface area contributed by atoms with Gasteiger partial charge in [0.05, 0.1) is 0 Å². The van der Waals surface area contributed by atoms with Crippen LogP contribution < -0.4 is 10.1 Å². The van der Waals surface area contributed by atoms with E-state index in [0.29, 0.717) is 28.3 Å². The molecule has 0 aliphatic heterocycles. The summed E-state index contributed by atoms with van der Waals surface area (Å²) in [7, 11) is 0. The van der Waals surface area contributed by atoms with E-state index >= 15 is 0 Å². The zero-order valence-corrected chi connectivity index (χ0v) is 18.4. The molecule has 0 aliphatic carbocycles. The average Bonchev–Trinajstić information content (AvgIpc) is 3.17. The molecule has 31 heavy (non-hydrogen) atoms. The third kappa shape index (κ3) is 4.89. The highest BCUT2D eigenvalue weighted by Crippen LogP contribution is 2.28. The predicted molar refractivity (Wildman–Crippen MR) is 124 cm³/mol. The Morgan fingerprint density at radius 2 is 1.97 bits per heavy atom. The Kier molecular flexibility index (Phi) is 5.96. The van der Waals surface area contributed by atoms with Crippen molar-refractivity contribution in [1.29, 1.82) is 0 Å². The fourth-order valence-electron chi connectivity index (χ4n) is 3.27. The molecule has 0 saturated heterocycles. The van der Waals surface area contributed by atoms with Gasteiger partial charge in [0.2, 0.25) is 5.89 Å². The lowest BCUT2D eigenvalue weighted by molar-refractivity contribution is -0.118. The summed E-state index contributed by atoms with van der Waals surface area (Å²) >= 11 is 5.95. The molecule has 1 amide bonds. The van der Waals surface area contributed by atoms with E-state index < -0.39 is 0 Å². The van der Waals surface area contributed by atoms with Gasteiger partial charge in [-0.1, -0.05) is 37.6 Å². The van der Waals surface area contributed by atoms with Crippen LogP contribution in [0.4, 0.5) is 5.69 Å². The van der Waals surface area contributed by atoms with E-state index in [2.05, 4.69) is 36.3 Å². The molecule has 4 aromatic rings. The minimum absolute atomic E-state index is 0.104. The quantitative estimate of drug-likeness (QED) is 0.371. The second-order valence-corrected chi connectivity index (χ2v) is 8.16. The molecular formula is C25H23ClN2O3. The van der Waals surface area contributed by atoms with Crippen molar-refractivity contribution >= 4 is 34.3 Å². The number of ether oxygens (including phenoxy) is 1. The molecule has 0 saturated carbocycles. The lowest BCUT2D eigenvalue weighted by Crippen LogP contribution is -2.20. The van der Waals surface area contributed by atoms with Gasteiger partial charge in [-0.2, -0.15) is 0 Å². The number of hydrogen-bond acceptors (Lipinski definition) is 4. The second-order valence-electron chi connectivity index (χ2n) is 7.73. The normalized spacial score (nSPS) is 11.1. The van der Waals surface area contributed by atoms with E-state index in [4.69, 9.17) is 20.8 Å². The first-order valence-electron chi connectivity index (χ1n) is 10.1. The number of fused-ring (bicyclic) bond motifs is 1. The molecule has 3 aromatic carbocycles. The average molecular weight is 435 g/mol. The van der Waals surface area contributed by atoms with E-state index in [1.807, 2.05) is 37.3 Å². The van der Waals surface area contributed by atoms with Crippen molar-refractivity contribution < 1.29 is 13.9 Å². The summed E-state index contributed by atoms with van der Waals surface area (Å²) in [5.74, 6) is 1.30. The van der Waals surface area contributed by atoms with E-state index in [1.165, 1.54) is 5.56 Å². The van der Waals surface area contributed by atoms with E-state index in [-0.39, 0.29) is 12.5 Å². The predicted octanol–water partition coefficient (Wildman–Crippen LogP) is 6.60. The van der Waals surface area contributed by atoms with Gasteiger partial charge in [0, 0.05) is 16.3 Å². The highest BCUT2D eigenvalue weighted by molar-refractivity contribution is 6.30. The topological polar surface area (TPSA) is 64.4 Å². The molecule has 0 fully saturated rings. The van der Waals surface area contributed by atoms with Crippen molar-refractivity contribution in [1.82, 2.24) is 4.98 Å². The summed E-state index contributed by atoms with van der Waals surface area (Å²) in [6.07, 6.45) is 0. The lowest BCUT2D eigenvalue weighted by atomic mass is 10.0. The molecule has 0 aliphatic rings. The maximum Gasteiger partial charge on any atom is 0.262 e. The third-order valence-corrected chi connectivity index (χ3v) is 5.20. The van der Waals surface area contributed by atoms with Gasteiger partial charge >= 0.3 is 0 Å². The number of halogens is 1. The molecule has 0 radical (unpaired) electrons. The molecule has 1 heterocycles. The van der Waals surface area contributed by atoms with E-state index in [9.17, 15) is 4.79 Å². The number of carbonyl (C=O) groups excluding carboxylic acids is 1. The van der Waals surface area contributed by atoms with Gasteiger partial charge in [0.15, 0.2) is 12.2 Å². The number of carbonyl (C=O) groups is 1. The Hall–Kier alpha value is -3.31. The molecule has 5 nitrogen and oxygen atoms in total. The number of hydrogen-bond donors (Lipinski definition) is 1. The molecule has 158 valence electrons. The Morgan fingerprint density at radius 3 is 2.74 bits per heavy atom. The standard InChI is InChI=1S/C25H23ClN2O3/c1-15(2)17-7-9-23-21(13-17)28-25(31-23)18-5-4-6-20(12-18)27-24(29)14-30-22-10-8-19(26)11-16(22)3/h4-13,15H,14H2,1-3H3,(H,27,29). The van der Waals surface area contributed by atoms with Crippen LogP contribution in [0.25, 0.3) is 22.6 Å². The summed E-state index contributed by atoms with van der Waals surface area (Å²) in [6.45, 7) is 6.07. The summed E-state index contributed by atoms with van der Waals surface area (Å²) < 4.78 is 11.5. The Morgan fingerprint density at radius 1 is 1.13 bits per heavy atom. The number of nitrogens with zero attached hydrogens (tertiary/aromatic N) is 1. The monoisotopic (exact) mass is 434 g/mol. The molecule has 0 bridgehead atoms. The van der Waals surface area contributed by atoms with Crippen molar-refractivity contribution in [3.63, 3.8) is 0 Å². The van der Waals surface area contributed by atoms with Crippen LogP contribution in [0, 0.1) is 6.92 Å². The van der Waals surface area contributed by atoms with Crippen molar-refractivity contribution in [2.45, 2.75) is 26.7 Å². The van der Waals surface area contributed by atoms with Crippen LogP contribution in [0.2, 0.25) is 5.02 Å². The molecule has 4 rings (SSSR count). The van der Waals surface area contributed by atoms with Crippen molar-refractivity contribution in [3.8, 4) is 17.2 Å². The molecule has 1 aromatic heterocycles. The Labute approximate surface area is 186 Å². The van der Waals surface area contributed by atoms with Crippen LogP contribution in [0.5, 0.6) is 5.75 Å². The molecule has 6 heteroatoms. The highest BCUT2D eigenvalue weighted by atomic mass is 35.5. The number of oxazole rings is 1. The summed E-state index contributed by atoms with van der Waals surface area (Å²) in [4.78, 5) is 17.0. The molecule has 0 unspecified atom stereocenters. The van der Waals surface area contributed by atoms with E-state index in [0.717, 1.165) is 22.2 Å². The van der Waals surface area contributed by atoms with Gasteiger partial charge in [-0.05, 0) is 72.5 Å². The maximum absolute atomic E-state index is 12.4. The lowest BCUT2D eigenvalue weighted by Gasteiger charge is -2.10. The Balaban J connectivity index is 1.46. The van der Waals surface area contributed by atoms with Crippen molar-refractivity contribution in [3.05, 3.63) is 76.8 Å². The number of aromatic nitrogens is 1. The largest absolute Gasteiger partial charge is 0.483 e. The molecular weight excluding hydrogens is 412 g/mol. The van der Waals surface area contributed by atoms with E-state index in [1.54, 1.807) is 18.2 Å². The fraction of sp³-hybridized carbons (Fsp3) is 0.200. The fourth-order valence-corrected chi connectivity index (χ4v) is 3.50. The van der Waals surface area contributed by atoms with Crippen LogP contribution in [-0.4, -0.2) is 17.5 Å². The zero-order chi connectivity index (χ0) is 22.0. The van der Waals surface area contributed by atoms with Gasteiger partial charge in [-0.3, -0.25) is 4.79 Å². The summed E-state index contributed by atoms with van der Waals surface area (Å²) in [5.41, 5.74) is 5.07. The van der Waals surface area contributed by atoms with Crippen LogP contribution in [0.1, 0.15) is 30.9 Å². The smallest absolute Gasteiger partial charge is 0.262 e.